The Kier molecular flexibility index (Phi) is 3.75. The Labute approximate surface area is 117 Å². The lowest BCUT2D eigenvalue weighted by Crippen LogP contribution is -2.30. The second-order valence-electron chi connectivity index (χ2n) is 5.00. The number of nitrogens with zero attached hydrogens (tertiary/aromatic N) is 2. The number of rotatable bonds is 6. The van der Waals surface area contributed by atoms with Gasteiger partial charge in [0.05, 0.1) is 0 Å². The molecule has 3 rings (SSSR count). The number of benzene rings is 1. The van der Waals surface area contributed by atoms with Crippen LogP contribution in [0.15, 0.2) is 30.3 Å². The van der Waals surface area contributed by atoms with Gasteiger partial charge in [-0.1, -0.05) is 30.3 Å². The molecule has 0 saturated heterocycles. The SMILES string of the molecule is NCC(Cc1ccccc1)Nc1nc(C2CC2)ns1. The molecule has 0 radical (unpaired) electrons. The summed E-state index contributed by atoms with van der Waals surface area (Å²) in [5.74, 6) is 1.61. The summed E-state index contributed by atoms with van der Waals surface area (Å²) in [6.07, 6.45) is 3.39. The maximum atomic E-state index is 5.84. The molecular weight excluding hydrogens is 256 g/mol. The number of nitrogens with two attached hydrogens (primary N) is 1. The number of hydrogen-bond donors (Lipinski definition) is 2. The van der Waals surface area contributed by atoms with Gasteiger partial charge >= 0.3 is 0 Å². The van der Waals surface area contributed by atoms with Crippen molar-refractivity contribution in [1.82, 2.24) is 9.36 Å². The zero-order valence-electron chi connectivity index (χ0n) is 10.7. The van der Waals surface area contributed by atoms with E-state index in [1.807, 2.05) is 6.07 Å². The first-order chi connectivity index (χ1) is 9.35. The molecule has 19 heavy (non-hydrogen) atoms. The maximum Gasteiger partial charge on any atom is 0.202 e. The molecular formula is C14H18N4S. The molecule has 0 aliphatic heterocycles. The van der Waals surface area contributed by atoms with E-state index in [2.05, 4.69) is 38.9 Å². The summed E-state index contributed by atoms with van der Waals surface area (Å²) in [6.45, 7) is 0.591. The predicted octanol–water partition coefficient (Wildman–Crippen LogP) is 2.40. The molecule has 3 N–H and O–H groups in total. The Morgan fingerprint density at radius 2 is 2.11 bits per heavy atom. The minimum absolute atomic E-state index is 0.211. The molecule has 2 aromatic rings. The van der Waals surface area contributed by atoms with Crippen LogP contribution in [0.4, 0.5) is 5.13 Å². The van der Waals surface area contributed by atoms with Crippen molar-refractivity contribution in [3.05, 3.63) is 41.7 Å². The van der Waals surface area contributed by atoms with Gasteiger partial charge in [0, 0.05) is 30.0 Å². The Balaban J connectivity index is 1.62. The highest BCUT2D eigenvalue weighted by Gasteiger charge is 2.28. The molecule has 1 heterocycles. The van der Waals surface area contributed by atoms with E-state index in [9.17, 15) is 0 Å². The first kappa shape index (κ1) is 12.6. The Bertz CT molecular complexity index is 521. The van der Waals surface area contributed by atoms with Gasteiger partial charge in [-0.3, -0.25) is 0 Å². The molecule has 0 spiro atoms. The standard InChI is InChI=1S/C14H18N4S/c15-9-12(8-10-4-2-1-3-5-10)16-14-17-13(18-19-14)11-6-7-11/h1-5,11-12H,6-9,15H2,(H,16,17,18). The van der Waals surface area contributed by atoms with Crippen LogP contribution in [0.5, 0.6) is 0 Å². The van der Waals surface area contributed by atoms with Crippen molar-refractivity contribution >= 4 is 16.7 Å². The molecule has 1 aromatic carbocycles. The monoisotopic (exact) mass is 274 g/mol. The van der Waals surface area contributed by atoms with E-state index in [0.29, 0.717) is 12.5 Å². The average Bonchev–Trinajstić information content (AvgIpc) is 3.20. The van der Waals surface area contributed by atoms with Crippen LogP contribution < -0.4 is 11.1 Å². The lowest BCUT2D eigenvalue weighted by molar-refractivity contribution is 0.722. The summed E-state index contributed by atoms with van der Waals surface area (Å²) in [4.78, 5) is 4.54. The fourth-order valence-corrected chi connectivity index (χ4v) is 2.79. The van der Waals surface area contributed by atoms with E-state index >= 15 is 0 Å². The van der Waals surface area contributed by atoms with E-state index in [1.54, 1.807) is 0 Å². The first-order valence-corrected chi connectivity index (χ1v) is 7.46. The third-order valence-corrected chi connectivity index (χ3v) is 3.98. The third-order valence-electron chi connectivity index (χ3n) is 3.32. The number of hydrogen-bond acceptors (Lipinski definition) is 5. The number of anilines is 1. The van der Waals surface area contributed by atoms with Gasteiger partial charge < -0.3 is 11.1 Å². The minimum Gasteiger partial charge on any atom is -0.356 e. The van der Waals surface area contributed by atoms with Crippen LogP contribution in [0.3, 0.4) is 0 Å². The van der Waals surface area contributed by atoms with Gasteiger partial charge in [-0.25, -0.2) is 4.98 Å². The summed E-state index contributed by atoms with van der Waals surface area (Å²) in [7, 11) is 0. The molecule has 1 atom stereocenters. The molecule has 5 heteroatoms. The molecule has 1 aliphatic rings. The highest BCUT2D eigenvalue weighted by atomic mass is 32.1. The van der Waals surface area contributed by atoms with Crippen molar-refractivity contribution < 1.29 is 0 Å². The molecule has 1 fully saturated rings. The summed E-state index contributed by atoms with van der Waals surface area (Å²) >= 11 is 1.44. The van der Waals surface area contributed by atoms with Gasteiger partial charge in [0.2, 0.25) is 5.13 Å². The van der Waals surface area contributed by atoms with Crippen LogP contribution in [-0.2, 0) is 6.42 Å². The van der Waals surface area contributed by atoms with E-state index in [0.717, 1.165) is 17.4 Å². The summed E-state index contributed by atoms with van der Waals surface area (Å²) in [6, 6.07) is 10.6. The van der Waals surface area contributed by atoms with Gasteiger partial charge in [0.1, 0.15) is 5.82 Å². The molecule has 100 valence electrons. The van der Waals surface area contributed by atoms with Gasteiger partial charge in [0.15, 0.2) is 0 Å². The molecule has 1 aromatic heterocycles. The van der Waals surface area contributed by atoms with Crippen LogP contribution in [-0.4, -0.2) is 21.9 Å². The van der Waals surface area contributed by atoms with E-state index in [1.165, 1.54) is 29.9 Å². The molecule has 0 bridgehead atoms. The molecule has 1 aliphatic carbocycles. The normalized spacial score (nSPS) is 16.3. The quantitative estimate of drug-likeness (QED) is 0.849. The maximum absolute atomic E-state index is 5.84. The first-order valence-electron chi connectivity index (χ1n) is 6.69. The smallest absolute Gasteiger partial charge is 0.202 e. The summed E-state index contributed by atoms with van der Waals surface area (Å²) in [5.41, 5.74) is 7.13. The van der Waals surface area contributed by atoms with Crippen LogP contribution in [0, 0.1) is 0 Å². The highest BCUT2D eigenvalue weighted by molar-refractivity contribution is 7.09. The Morgan fingerprint density at radius 1 is 1.32 bits per heavy atom. The fraction of sp³-hybridized carbons (Fsp3) is 0.429. The van der Waals surface area contributed by atoms with Crippen molar-refractivity contribution in [2.75, 3.05) is 11.9 Å². The lowest BCUT2D eigenvalue weighted by atomic mass is 10.1. The number of aromatic nitrogens is 2. The second kappa shape index (κ2) is 5.67. The van der Waals surface area contributed by atoms with Crippen molar-refractivity contribution in [2.24, 2.45) is 5.73 Å². The highest BCUT2D eigenvalue weighted by Crippen LogP contribution is 2.39. The number of nitrogens with one attached hydrogen (secondary N) is 1. The van der Waals surface area contributed by atoms with Gasteiger partial charge in [0.25, 0.3) is 0 Å². The van der Waals surface area contributed by atoms with Crippen molar-refractivity contribution in [3.63, 3.8) is 0 Å². The van der Waals surface area contributed by atoms with Gasteiger partial charge in [-0.15, -0.1) is 0 Å². The zero-order valence-corrected chi connectivity index (χ0v) is 11.6. The van der Waals surface area contributed by atoms with Crippen LogP contribution in [0.1, 0.15) is 30.1 Å². The van der Waals surface area contributed by atoms with E-state index < -0.39 is 0 Å². The summed E-state index contributed by atoms with van der Waals surface area (Å²) < 4.78 is 4.40. The molecule has 1 saturated carbocycles. The lowest BCUT2D eigenvalue weighted by Gasteiger charge is -2.15. The van der Waals surface area contributed by atoms with Gasteiger partial charge in [-0.05, 0) is 24.8 Å². The Hall–Kier alpha value is -1.46. The average molecular weight is 274 g/mol. The van der Waals surface area contributed by atoms with Crippen LogP contribution in [0.25, 0.3) is 0 Å². The van der Waals surface area contributed by atoms with Crippen molar-refractivity contribution in [1.29, 1.82) is 0 Å². The third kappa shape index (κ3) is 3.30. The van der Waals surface area contributed by atoms with E-state index in [4.69, 9.17) is 5.73 Å². The molecule has 4 nitrogen and oxygen atoms in total. The van der Waals surface area contributed by atoms with Crippen LogP contribution >= 0.6 is 11.5 Å². The van der Waals surface area contributed by atoms with E-state index in [-0.39, 0.29) is 6.04 Å². The minimum atomic E-state index is 0.211. The van der Waals surface area contributed by atoms with Crippen molar-refractivity contribution in [3.8, 4) is 0 Å². The topological polar surface area (TPSA) is 63.8 Å². The molecule has 1 unspecified atom stereocenters. The largest absolute Gasteiger partial charge is 0.356 e. The fourth-order valence-electron chi connectivity index (χ4n) is 2.07. The zero-order chi connectivity index (χ0) is 13.1. The predicted molar refractivity (Wildman–Crippen MR) is 78.5 cm³/mol. The Morgan fingerprint density at radius 3 is 2.79 bits per heavy atom. The van der Waals surface area contributed by atoms with Gasteiger partial charge in [-0.2, -0.15) is 4.37 Å². The van der Waals surface area contributed by atoms with Crippen molar-refractivity contribution in [2.45, 2.75) is 31.2 Å². The summed E-state index contributed by atoms with van der Waals surface area (Å²) in [5, 5.41) is 4.30. The second-order valence-corrected chi connectivity index (χ2v) is 5.75. The molecule has 0 amide bonds. The van der Waals surface area contributed by atoms with Crippen LogP contribution in [0.2, 0.25) is 0 Å².